The summed E-state index contributed by atoms with van der Waals surface area (Å²) in [5, 5.41) is 12.8. The third-order valence-electron chi connectivity index (χ3n) is 5.84. The fourth-order valence-electron chi connectivity index (χ4n) is 4.51. The number of fused-ring (bicyclic) bond motifs is 3. The minimum Gasteiger partial charge on any atom is -0.548 e. The molecule has 0 radical (unpaired) electrons. The number of hydrogen-bond acceptors (Lipinski definition) is 6. The van der Waals surface area contributed by atoms with E-state index in [1.54, 1.807) is 11.3 Å². The van der Waals surface area contributed by atoms with Crippen LogP contribution in [0.2, 0.25) is 0 Å². The number of aryl methyl sites for hydroxylation is 2. The van der Waals surface area contributed by atoms with E-state index in [2.05, 4.69) is 12.1 Å². The average molecular weight is 393 g/mol. The molecule has 2 aliphatic rings. The highest BCUT2D eigenvalue weighted by molar-refractivity contribution is 7.19. The van der Waals surface area contributed by atoms with Gasteiger partial charge in [-0.15, -0.1) is 11.3 Å². The van der Waals surface area contributed by atoms with Gasteiger partial charge in [0.25, 0.3) is 0 Å². The topological polar surface area (TPSA) is 69.2 Å². The molecule has 5 nitrogen and oxygen atoms in total. The Labute approximate surface area is 168 Å². The Morgan fingerprint density at radius 3 is 2.79 bits per heavy atom. The number of carbonyl (C=O) groups excluding carboxylic acids is 1. The van der Waals surface area contributed by atoms with Crippen molar-refractivity contribution in [1.82, 2.24) is 9.97 Å². The number of benzene rings is 1. The number of nitrogens with zero attached hydrogens (tertiary/aromatic N) is 3. The first kappa shape index (κ1) is 17.6. The van der Waals surface area contributed by atoms with Crippen LogP contribution < -0.4 is 10.0 Å². The number of carbonyl (C=O) groups is 1. The van der Waals surface area contributed by atoms with Crippen molar-refractivity contribution in [2.45, 2.75) is 51.0 Å². The van der Waals surface area contributed by atoms with Crippen LogP contribution in [0, 0.1) is 0 Å². The molecule has 28 heavy (non-hydrogen) atoms. The largest absolute Gasteiger partial charge is 0.548 e. The SMILES string of the molecule is O=C([O-])[C@@H]1CCCN1c1nc(Cc2ccccc2)nc2sc3c(c12)CCCC3. The zero-order valence-corrected chi connectivity index (χ0v) is 16.5. The molecule has 1 saturated heterocycles. The highest BCUT2D eigenvalue weighted by atomic mass is 32.1. The van der Waals surface area contributed by atoms with Crippen LogP contribution in [-0.2, 0) is 24.1 Å². The van der Waals surface area contributed by atoms with Crippen LogP contribution in [0.5, 0.6) is 0 Å². The van der Waals surface area contributed by atoms with Crippen molar-refractivity contribution in [1.29, 1.82) is 0 Å². The Hall–Kier alpha value is -2.47. The molecule has 6 heteroatoms. The molecule has 1 fully saturated rings. The van der Waals surface area contributed by atoms with Crippen molar-refractivity contribution < 1.29 is 9.90 Å². The fraction of sp³-hybridized carbons (Fsp3) is 0.409. The van der Waals surface area contributed by atoms with Crippen molar-refractivity contribution >= 4 is 33.3 Å². The summed E-state index contributed by atoms with van der Waals surface area (Å²) in [7, 11) is 0. The van der Waals surface area contributed by atoms with Crippen molar-refractivity contribution in [2.75, 3.05) is 11.4 Å². The Balaban J connectivity index is 1.66. The first-order valence-electron chi connectivity index (χ1n) is 10.0. The summed E-state index contributed by atoms with van der Waals surface area (Å²) in [4.78, 5) is 25.9. The zero-order valence-electron chi connectivity index (χ0n) is 15.7. The lowest BCUT2D eigenvalue weighted by Gasteiger charge is -2.28. The van der Waals surface area contributed by atoms with Crippen LogP contribution in [0.4, 0.5) is 5.82 Å². The maximum Gasteiger partial charge on any atom is 0.141 e. The second-order valence-corrected chi connectivity index (χ2v) is 8.77. The molecule has 0 saturated carbocycles. The standard InChI is InChI=1S/C22H23N3O2S/c26-22(27)16-10-6-12-25(16)20-19-15-9-4-5-11-17(15)28-21(19)24-18(23-20)13-14-7-2-1-3-8-14/h1-3,7-8,16H,4-6,9-13H2,(H,26,27)/p-1/t16-/m0/s1. The molecular formula is C22H22N3O2S-. The van der Waals surface area contributed by atoms with E-state index < -0.39 is 12.0 Å². The van der Waals surface area contributed by atoms with Crippen LogP contribution in [0.3, 0.4) is 0 Å². The molecule has 0 bridgehead atoms. The van der Waals surface area contributed by atoms with Gasteiger partial charge < -0.3 is 14.8 Å². The molecule has 1 atom stereocenters. The maximum atomic E-state index is 11.7. The van der Waals surface area contributed by atoms with Gasteiger partial charge in [-0.05, 0) is 49.7 Å². The predicted octanol–water partition coefficient (Wildman–Crippen LogP) is 2.88. The van der Waals surface area contributed by atoms with Gasteiger partial charge in [0.05, 0.1) is 17.4 Å². The molecule has 144 valence electrons. The average Bonchev–Trinajstić information content (AvgIpc) is 3.33. The maximum absolute atomic E-state index is 11.7. The summed E-state index contributed by atoms with van der Waals surface area (Å²) in [5.74, 6) is 0.566. The second-order valence-electron chi connectivity index (χ2n) is 7.69. The highest BCUT2D eigenvalue weighted by Gasteiger charge is 2.31. The van der Waals surface area contributed by atoms with E-state index in [9.17, 15) is 9.90 Å². The van der Waals surface area contributed by atoms with Crippen LogP contribution in [0.15, 0.2) is 30.3 Å². The van der Waals surface area contributed by atoms with Crippen molar-refractivity contribution in [3.63, 3.8) is 0 Å². The fourth-order valence-corrected chi connectivity index (χ4v) is 5.79. The van der Waals surface area contributed by atoms with E-state index in [1.807, 2.05) is 23.1 Å². The normalized spacial score (nSPS) is 19.1. The van der Waals surface area contributed by atoms with Gasteiger partial charge >= 0.3 is 0 Å². The molecule has 3 heterocycles. The number of carboxylic acid groups (broad SMARTS) is 1. The van der Waals surface area contributed by atoms with Gasteiger partial charge in [-0.3, -0.25) is 0 Å². The van der Waals surface area contributed by atoms with E-state index in [-0.39, 0.29) is 0 Å². The molecule has 0 N–H and O–H groups in total. The van der Waals surface area contributed by atoms with Crippen LogP contribution >= 0.6 is 11.3 Å². The molecule has 5 rings (SSSR count). The third kappa shape index (κ3) is 3.05. The second kappa shape index (κ2) is 7.17. The lowest BCUT2D eigenvalue weighted by molar-refractivity contribution is -0.307. The lowest BCUT2D eigenvalue weighted by Crippen LogP contribution is -2.45. The van der Waals surface area contributed by atoms with Gasteiger partial charge in [0, 0.05) is 17.8 Å². The number of anilines is 1. The van der Waals surface area contributed by atoms with Crippen LogP contribution in [0.1, 0.15) is 47.5 Å². The van der Waals surface area contributed by atoms with Gasteiger partial charge in [-0.25, -0.2) is 9.97 Å². The van der Waals surface area contributed by atoms with E-state index in [0.29, 0.717) is 19.4 Å². The zero-order chi connectivity index (χ0) is 19.1. The molecule has 0 unspecified atom stereocenters. The molecule has 3 aromatic rings. The number of carboxylic acids is 1. The molecule has 0 amide bonds. The van der Waals surface area contributed by atoms with Gasteiger partial charge in [0.15, 0.2) is 0 Å². The van der Waals surface area contributed by atoms with E-state index in [0.717, 1.165) is 46.7 Å². The third-order valence-corrected chi connectivity index (χ3v) is 7.03. The van der Waals surface area contributed by atoms with Gasteiger partial charge in [-0.2, -0.15) is 0 Å². The molecule has 1 aliphatic heterocycles. The molecule has 1 aromatic carbocycles. The van der Waals surface area contributed by atoms with Gasteiger partial charge in [0.2, 0.25) is 0 Å². The predicted molar refractivity (Wildman–Crippen MR) is 109 cm³/mol. The van der Waals surface area contributed by atoms with Gasteiger partial charge in [0.1, 0.15) is 16.5 Å². The Kier molecular flexibility index (Phi) is 4.51. The van der Waals surface area contributed by atoms with E-state index in [4.69, 9.17) is 9.97 Å². The molecule has 2 aromatic heterocycles. The number of thiophene rings is 1. The molecule has 1 aliphatic carbocycles. The number of aromatic nitrogens is 2. The monoisotopic (exact) mass is 392 g/mol. The number of rotatable bonds is 4. The highest BCUT2D eigenvalue weighted by Crippen LogP contribution is 2.41. The first-order chi connectivity index (χ1) is 13.7. The van der Waals surface area contributed by atoms with E-state index >= 15 is 0 Å². The Morgan fingerprint density at radius 2 is 1.96 bits per heavy atom. The summed E-state index contributed by atoms with van der Waals surface area (Å²) in [6.45, 7) is 0.708. The number of aliphatic carboxylic acids is 1. The van der Waals surface area contributed by atoms with Crippen molar-refractivity contribution in [3.05, 3.63) is 52.2 Å². The summed E-state index contributed by atoms with van der Waals surface area (Å²) in [6, 6.07) is 9.60. The quantitative estimate of drug-likeness (QED) is 0.683. The molecule has 0 spiro atoms. The van der Waals surface area contributed by atoms with Gasteiger partial charge in [-0.1, -0.05) is 30.3 Å². The minimum atomic E-state index is -1.00. The summed E-state index contributed by atoms with van der Waals surface area (Å²) >= 11 is 1.77. The van der Waals surface area contributed by atoms with Crippen molar-refractivity contribution in [2.24, 2.45) is 0 Å². The summed E-state index contributed by atoms with van der Waals surface area (Å²) in [6.07, 6.45) is 6.63. The summed E-state index contributed by atoms with van der Waals surface area (Å²) < 4.78 is 0. The summed E-state index contributed by atoms with van der Waals surface area (Å²) in [5.41, 5.74) is 2.50. The lowest BCUT2D eigenvalue weighted by atomic mass is 9.96. The first-order valence-corrected chi connectivity index (χ1v) is 10.8. The smallest absolute Gasteiger partial charge is 0.141 e. The van der Waals surface area contributed by atoms with E-state index in [1.165, 1.54) is 23.3 Å². The van der Waals surface area contributed by atoms with Crippen molar-refractivity contribution in [3.8, 4) is 0 Å². The Bertz CT molecular complexity index is 1030. The molecular weight excluding hydrogens is 370 g/mol. The number of hydrogen-bond donors (Lipinski definition) is 0. The van der Waals surface area contributed by atoms with Crippen LogP contribution in [0.25, 0.3) is 10.2 Å². The Morgan fingerprint density at radius 1 is 1.14 bits per heavy atom. The van der Waals surface area contributed by atoms with Crippen LogP contribution in [-0.4, -0.2) is 28.5 Å². The minimum absolute atomic E-state index is 0.596.